The summed E-state index contributed by atoms with van der Waals surface area (Å²) in [5.74, 6) is 2.14. The van der Waals surface area contributed by atoms with Crippen molar-refractivity contribution in [2.75, 3.05) is 0 Å². The molecule has 0 atom stereocenters. The Morgan fingerprint density at radius 3 is 2.58 bits per heavy atom. The summed E-state index contributed by atoms with van der Waals surface area (Å²) in [4.78, 5) is 5.84. The van der Waals surface area contributed by atoms with Gasteiger partial charge in [-0.2, -0.15) is 0 Å². The molecule has 0 radical (unpaired) electrons. The highest BCUT2D eigenvalue weighted by atomic mass is 32.2. The van der Waals surface area contributed by atoms with Crippen LogP contribution in [0.2, 0.25) is 0 Å². The fourth-order valence-corrected chi connectivity index (χ4v) is 5.01. The molecule has 0 N–H and O–H groups in total. The third-order valence-corrected chi connectivity index (χ3v) is 6.82. The highest BCUT2D eigenvalue weighted by molar-refractivity contribution is 7.98. The standard InChI is InChI=1S/C19H18N4S3/c1-13(2)18-20-14(11-25-18)12-26-19-22-21-17(16-9-6-10-24-16)23(19)15-7-4-3-5-8-15/h3-11,13H,12H2,1-2H3. The van der Waals surface area contributed by atoms with Crippen molar-refractivity contribution in [2.45, 2.75) is 30.7 Å². The summed E-state index contributed by atoms with van der Waals surface area (Å²) in [5.41, 5.74) is 2.17. The van der Waals surface area contributed by atoms with Crippen LogP contribution in [0.3, 0.4) is 0 Å². The van der Waals surface area contributed by atoms with E-state index < -0.39 is 0 Å². The number of hydrogen-bond donors (Lipinski definition) is 0. The van der Waals surface area contributed by atoms with Gasteiger partial charge in [-0.25, -0.2) is 4.98 Å². The monoisotopic (exact) mass is 398 g/mol. The molecule has 0 bridgehead atoms. The van der Waals surface area contributed by atoms with Crippen molar-refractivity contribution in [3.8, 4) is 16.4 Å². The number of thioether (sulfide) groups is 1. The largest absolute Gasteiger partial charge is 0.269 e. The fraction of sp³-hybridized carbons (Fsp3) is 0.211. The number of benzene rings is 1. The third-order valence-electron chi connectivity index (χ3n) is 3.80. The highest BCUT2D eigenvalue weighted by Gasteiger charge is 2.17. The Kier molecular flexibility index (Phi) is 5.19. The van der Waals surface area contributed by atoms with Crippen LogP contribution in [0.25, 0.3) is 16.4 Å². The van der Waals surface area contributed by atoms with E-state index in [2.05, 4.69) is 57.6 Å². The van der Waals surface area contributed by atoms with Gasteiger partial charge in [-0.15, -0.1) is 32.9 Å². The molecule has 0 aliphatic carbocycles. The zero-order valence-electron chi connectivity index (χ0n) is 14.5. The van der Waals surface area contributed by atoms with Gasteiger partial charge < -0.3 is 0 Å². The van der Waals surface area contributed by atoms with E-state index in [1.807, 2.05) is 24.3 Å². The van der Waals surface area contributed by atoms with E-state index in [4.69, 9.17) is 4.98 Å². The van der Waals surface area contributed by atoms with Crippen molar-refractivity contribution in [1.29, 1.82) is 0 Å². The normalized spacial score (nSPS) is 11.3. The molecule has 3 aromatic heterocycles. The first-order valence-electron chi connectivity index (χ1n) is 8.34. The maximum Gasteiger partial charge on any atom is 0.196 e. The fourth-order valence-electron chi connectivity index (χ4n) is 2.53. The van der Waals surface area contributed by atoms with E-state index >= 15 is 0 Å². The van der Waals surface area contributed by atoms with Crippen molar-refractivity contribution in [1.82, 2.24) is 19.7 Å². The van der Waals surface area contributed by atoms with E-state index in [1.165, 1.54) is 5.01 Å². The van der Waals surface area contributed by atoms with Crippen molar-refractivity contribution in [3.05, 3.63) is 63.9 Å². The number of nitrogens with zero attached hydrogens (tertiary/aromatic N) is 4. The van der Waals surface area contributed by atoms with Crippen LogP contribution >= 0.6 is 34.4 Å². The molecule has 0 saturated carbocycles. The molecular formula is C19H18N4S3. The second-order valence-corrected chi connectivity index (χ2v) is 8.85. The summed E-state index contributed by atoms with van der Waals surface area (Å²) in [6.07, 6.45) is 0. The predicted octanol–water partition coefficient (Wildman–Crippen LogP) is 5.87. The van der Waals surface area contributed by atoms with Crippen molar-refractivity contribution in [3.63, 3.8) is 0 Å². The highest BCUT2D eigenvalue weighted by Crippen LogP contribution is 2.32. The second-order valence-electron chi connectivity index (χ2n) is 6.07. The molecule has 4 nitrogen and oxygen atoms in total. The average molecular weight is 399 g/mol. The van der Waals surface area contributed by atoms with Gasteiger partial charge in [0.15, 0.2) is 11.0 Å². The molecule has 0 unspecified atom stereocenters. The molecule has 0 aliphatic heterocycles. The number of rotatable bonds is 6. The summed E-state index contributed by atoms with van der Waals surface area (Å²) >= 11 is 5.08. The van der Waals surface area contributed by atoms with Crippen LogP contribution in [0.1, 0.15) is 30.5 Å². The Hall–Kier alpha value is -1.96. The lowest BCUT2D eigenvalue weighted by atomic mass is 10.2. The van der Waals surface area contributed by atoms with Crippen LogP contribution < -0.4 is 0 Å². The number of thiophene rings is 1. The SMILES string of the molecule is CC(C)c1nc(CSc2nnc(-c3cccs3)n2-c2ccccc2)cs1. The molecule has 0 spiro atoms. The third kappa shape index (κ3) is 3.60. The van der Waals surface area contributed by atoms with Gasteiger partial charge in [0.1, 0.15) is 0 Å². The number of para-hydroxylation sites is 1. The second kappa shape index (κ2) is 7.73. The summed E-state index contributed by atoms with van der Waals surface area (Å²) in [7, 11) is 0. The minimum atomic E-state index is 0.470. The molecule has 4 rings (SSSR count). The molecule has 0 aliphatic rings. The lowest BCUT2D eigenvalue weighted by Gasteiger charge is -2.08. The zero-order valence-corrected chi connectivity index (χ0v) is 16.9. The topological polar surface area (TPSA) is 43.6 Å². The van der Waals surface area contributed by atoms with E-state index in [1.54, 1.807) is 34.4 Å². The zero-order chi connectivity index (χ0) is 17.9. The first kappa shape index (κ1) is 17.5. The maximum absolute atomic E-state index is 4.73. The molecule has 4 aromatic rings. The molecule has 0 fully saturated rings. The van der Waals surface area contributed by atoms with Gasteiger partial charge in [0.25, 0.3) is 0 Å². The van der Waals surface area contributed by atoms with Crippen molar-refractivity contribution >= 4 is 34.4 Å². The molecule has 7 heteroatoms. The van der Waals surface area contributed by atoms with Crippen LogP contribution in [-0.2, 0) is 5.75 Å². The molecule has 132 valence electrons. The van der Waals surface area contributed by atoms with Gasteiger partial charge in [0.2, 0.25) is 0 Å². The van der Waals surface area contributed by atoms with Crippen LogP contribution in [0.15, 0.2) is 58.4 Å². The lowest BCUT2D eigenvalue weighted by Crippen LogP contribution is -1.99. The summed E-state index contributed by atoms with van der Waals surface area (Å²) in [6, 6.07) is 14.4. The van der Waals surface area contributed by atoms with E-state index in [0.29, 0.717) is 5.92 Å². The van der Waals surface area contributed by atoms with Crippen LogP contribution in [-0.4, -0.2) is 19.7 Å². The number of aromatic nitrogens is 4. The maximum atomic E-state index is 4.73. The molecular weight excluding hydrogens is 380 g/mol. The minimum absolute atomic E-state index is 0.470. The Bertz CT molecular complexity index is 972. The van der Waals surface area contributed by atoms with Gasteiger partial charge in [-0.1, -0.05) is 49.9 Å². The van der Waals surface area contributed by atoms with Crippen molar-refractivity contribution < 1.29 is 0 Å². The summed E-state index contributed by atoms with van der Waals surface area (Å²) < 4.78 is 2.13. The van der Waals surface area contributed by atoms with Crippen LogP contribution in [0.4, 0.5) is 0 Å². The van der Waals surface area contributed by atoms with Gasteiger partial charge in [-0.3, -0.25) is 4.57 Å². The van der Waals surface area contributed by atoms with Crippen LogP contribution in [0, 0.1) is 0 Å². The molecule has 3 heterocycles. The van der Waals surface area contributed by atoms with E-state index in [0.717, 1.165) is 33.0 Å². The first-order chi connectivity index (χ1) is 12.7. The van der Waals surface area contributed by atoms with E-state index in [-0.39, 0.29) is 0 Å². The Balaban J connectivity index is 1.65. The smallest absolute Gasteiger partial charge is 0.196 e. The van der Waals surface area contributed by atoms with Crippen molar-refractivity contribution in [2.24, 2.45) is 0 Å². The minimum Gasteiger partial charge on any atom is -0.269 e. The average Bonchev–Trinajstić information content (AvgIpc) is 3.39. The van der Waals surface area contributed by atoms with Gasteiger partial charge >= 0.3 is 0 Å². The lowest BCUT2D eigenvalue weighted by molar-refractivity contribution is 0.845. The van der Waals surface area contributed by atoms with E-state index in [9.17, 15) is 0 Å². The summed E-state index contributed by atoms with van der Waals surface area (Å²) in [6.45, 7) is 4.35. The summed E-state index contributed by atoms with van der Waals surface area (Å²) in [5, 5.41) is 15.2. The van der Waals surface area contributed by atoms with Crippen LogP contribution in [0.5, 0.6) is 0 Å². The Labute approximate surface area is 165 Å². The van der Waals surface area contributed by atoms with Gasteiger partial charge in [0, 0.05) is 22.7 Å². The quantitative estimate of drug-likeness (QED) is 0.381. The molecule has 0 amide bonds. The molecule has 26 heavy (non-hydrogen) atoms. The van der Waals surface area contributed by atoms with Gasteiger partial charge in [0.05, 0.1) is 15.6 Å². The predicted molar refractivity (Wildman–Crippen MR) is 110 cm³/mol. The molecule has 0 saturated heterocycles. The first-order valence-corrected chi connectivity index (χ1v) is 11.1. The number of hydrogen-bond acceptors (Lipinski definition) is 6. The van der Waals surface area contributed by atoms with Gasteiger partial charge in [-0.05, 0) is 23.6 Å². The number of thiazole rings is 1. The Morgan fingerprint density at radius 2 is 1.88 bits per heavy atom. The Morgan fingerprint density at radius 1 is 1.04 bits per heavy atom. The molecule has 1 aromatic carbocycles.